The van der Waals surface area contributed by atoms with Gasteiger partial charge in [0.1, 0.15) is 0 Å². The van der Waals surface area contributed by atoms with Crippen molar-refractivity contribution in [2.24, 2.45) is 0 Å². The van der Waals surface area contributed by atoms with Crippen LogP contribution in [-0.4, -0.2) is 37.0 Å². The van der Waals surface area contributed by atoms with Crippen LogP contribution in [0.25, 0.3) is 0 Å². The van der Waals surface area contributed by atoms with Crippen LogP contribution < -0.4 is 4.72 Å². The summed E-state index contributed by atoms with van der Waals surface area (Å²) in [5, 5.41) is 9.40. The fourth-order valence-electron chi connectivity index (χ4n) is 2.40. The Morgan fingerprint density at radius 1 is 1.43 bits per heavy atom. The van der Waals surface area contributed by atoms with E-state index in [1.165, 1.54) is 18.2 Å². The monoisotopic (exact) mass is 393 g/mol. The molecule has 1 aromatic rings. The summed E-state index contributed by atoms with van der Waals surface area (Å²) in [5.74, 6) is -1.09. The van der Waals surface area contributed by atoms with E-state index >= 15 is 0 Å². The maximum Gasteiger partial charge on any atom is 0.335 e. The smallest absolute Gasteiger partial charge is 0.335 e. The highest BCUT2D eigenvalue weighted by atomic mass is 79.9. The molecule has 0 bridgehead atoms. The lowest BCUT2D eigenvalue weighted by atomic mass is 10.2. The summed E-state index contributed by atoms with van der Waals surface area (Å²) in [6, 6.07) is 3.85. The van der Waals surface area contributed by atoms with E-state index in [1.807, 2.05) is 6.26 Å². The van der Waals surface area contributed by atoms with E-state index in [0.29, 0.717) is 5.25 Å². The van der Waals surface area contributed by atoms with Crippen LogP contribution in [0.2, 0.25) is 0 Å². The van der Waals surface area contributed by atoms with E-state index in [2.05, 4.69) is 20.7 Å². The molecule has 1 saturated carbocycles. The number of hydrogen-bond acceptors (Lipinski definition) is 4. The number of aromatic carboxylic acids is 1. The molecular weight excluding hydrogens is 378 g/mol. The Morgan fingerprint density at radius 3 is 2.67 bits per heavy atom. The molecule has 0 amide bonds. The Hall–Kier alpha value is -0.570. The fraction of sp³-hybridized carbons (Fsp3) is 0.462. The zero-order valence-electron chi connectivity index (χ0n) is 11.4. The maximum absolute atomic E-state index is 12.4. The van der Waals surface area contributed by atoms with Crippen LogP contribution in [0.5, 0.6) is 0 Å². The first-order valence-corrected chi connectivity index (χ1v) is 9.98. The Labute approximate surface area is 136 Å². The normalized spacial score (nSPS) is 22.4. The second-order valence-electron chi connectivity index (χ2n) is 4.94. The molecule has 0 aromatic heterocycles. The van der Waals surface area contributed by atoms with Gasteiger partial charge in [-0.15, -0.1) is 0 Å². The molecule has 0 aliphatic heterocycles. The third-order valence-corrected chi connectivity index (χ3v) is 7.10. The summed E-state index contributed by atoms with van der Waals surface area (Å²) >= 11 is 4.90. The number of carbonyl (C=O) groups is 1. The van der Waals surface area contributed by atoms with Crippen LogP contribution in [0, 0.1) is 0 Å². The van der Waals surface area contributed by atoms with Gasteiger partial charge in [0.15, 0.2) is 0 Å². The Bertz CT molecular complexity index is 648. The first-order valence-electron chi connectivity index (χ1n) is 6.41. The van der Waals surface area contributed by atoms with Gasteiger partial charge in [0.2, 0.25) is 10.0 Å². The summed E-state index contributed by atoms with van der Waals surface area (Å²) < 4.78 is 27.7. The molecule has 2 N–H and O–H groups in total. The van der Waals surface area contributed by atoms with Crippen molar-refractivity contribution in [1.29, 1.82) is 0 Å². The number of thioether (sulfide) groups is 1. The maximum atomic E-state index is 12.4. The minimum absolute atomic E-state index is 0.0455. The number of carboxylic acids is 1. The van der Waals surface area contributed by atoms with E-state index < -0.39 is 16.0 Å². The van der Waals surface area contributed by atoms with Crippen LogP contribution in [0.15, 0.2) is 27.6 Å². The fourth-order valence-corrected chi connectivity index (χ4v) is 5.55. The lowest BCUT2D eigenvalue weighted by molar-refractivity contribution is 0.0696. The molecule has 1 aromatic carbocycles. The summed E-state index contributed by atoms with van der Waals surface area (Å²) in [7, 11) is -3.65. The average Bonchev–Trinajstić information content (AvgIpc) is 2.85. The molecular formula is C13H16BrNO4S2. The molecule has 1 aliphatic rings. The van der Waals surface area contributed by atoms with Gasteiger partial charge in [-0.25, -0.2) is 17.9 Å². The molecule has 21 heavy (non-hydrogen) atoms. The van der Waals surface area contributed by atoms with Crippen molar-refractivity contribution in [2.45, 2.75) is 35.4 Å². The number of sulfonamides is 1. The first kappa shape index (κ1) is 16.8. The quantitative estimate of drug-likeness (QED) is 0.803. The van der Waals surface area contributed by atoms with Gasteiger partial charge >= 0.3 is 5.97 Å². The van der Waals surface area contributed by atoms with Crippen molar-refractivity contribution in [3.05, 3.63) is 28.2 Å². The molecule has 8 heteroatoms. The molecule has 5 nitrogen and oxygen atoms in total. The number of nitrogens with one attached hydrogen (secondary N) is 1. The topological polar surface area (TPSA) is 83.5 Å². The molecule has 2 unspecified atom stereocenters. The molecule has 0 spiro atoms. The third kappa shape index (κ3) is 4.00. The van der Waals surface area contributed by atoms with Gasteiger partial charge in [0, 0.05) is 15.8 Å². The van der Waals surface area contributed by atoms with Gasteiger partial charge in [-0.1, -0.05) is 0 Å². The number of hydrogen-bond donors (Lipinski definition) is 2. The molecule has 2 atom stereocenters. The number of carboxylic acid groups (broad SMARTS) is 1. The van der Waals surface area contributed by atoms with Crippen LogP contribution in [-0.2, 0) is 10.0 Å². The number of halogens is 1. The molecule has 0 saturated heterocycles. The molecule has 0 heterocycles. The van der Waals surface area contributed by atoms with Crippen LogP contribution in [0.4, 0.5) is 0 Å². The lowest BCUT2D eigenvalue weighted by Gasteiger charge is -2.14. The van der Waals surface area contributed by atoms with Gasteiger partial charge in [-0.05, 0) is 59.6 Å². The second kappa shape index (κ2) is 6.68. The Balaban J connectivity index is 2.18. The van der Waals surface area contributed by atoms with E-state index in [-0.39, 0.29) is 21.0 Å². The van der Waals surface area contributed by atoms with Crippen molar-refractivity contribution in [3.63, 3.8) is 0 Å². The molecule has 1 fully saturated rings. The van der Waals surface area contributed by atoms with Gasteiger partial charge < -0.3 is 5.11 Å². The SMILES string of the molecule is CSC1CCC(NS(=O)(=O)c2ccc(C(=O)O)cc2Br)C1. The summed E-state index contributed by atoms with van der Waals surface area (Å²) in [5.41, 5.74) is 0.0455. The van der Waals surface area contributed by atoms with Crippen LogP contribution in [0.1, 0.15) is 29.6 Å². The van der Waals surface area contributed by atoms with Crippen molar-refractivity contribution in [2.75, 3.05) is 6.26 Å². The van der Waals surface area contributed by atoms with Crippen LogP contribution >= 0.6 is 27.7 Å². The first-order chi connectivity index (χ1) is 9.83. The second-order valence-corrected chi connectivity index (χ2v) is 8.61. The largest absolute Gasteiger partial charge is 0.478 e. The zero-order valence-corrected chi connectivity index (χ0v) is 14.6. The average molecular weight is 394 g/mol. The summed E-state index contributed by atoms with van der Waals surface area (Å²) in [4.78, 5) is 10.9. The molecule has 1 aliphatic carbocycles. The van der Waals surface area contributed by atoms with Gasteiger partial charge in [-0.3, -0.25) is 0 Å². The van der Waals surface area contributed by atoms with Crippen molar-refractivity contribution in [1.82, 2.24) is 4.72 Å². The molecule has 116 valence electrons. The molecule has 2 rings (SSSR count). The molecule has 0 radical (unpaired) electrons. The lowest BCUT2D eigenvalue weighted by Crippen LogP contribution is -2.33. The summed E-state index contributed by atoms with van der Waals surface area (Å²) in [6.45, 7) is 0. The van der Waals surface area contributed by atoms with Gasteiger partial charge in [-0.2, -0.15) is 11.8 Å². The van der Waals surface area contributed by atoms with Gasteiger partial charge in [0.25, 0.3) is 0 Å². The van der Waals surface area contributed by atoms with Crippen molar-refractivity contribution in [3.8, 4) is 0 Å². The third-order valence-electron chi connectivity index (χ3n) is 3.51. The van der Waals surface area contributed by atoms with E-state index in [9.17, 15) is 13.2 Å². The Kier molecular flexibility index (Phi) is 5.34. The highest BCUT2D eigenvalue weighted by molar-refractivity contribution is 9.10. The minimum atomic E-state index is -3.65. The number of rotatable bonds is 5. The zero-order chi connectivity index (χ0) is 15.6. The van der Waals surface area contributed by atoms with E-state index in [0.717, 1.165) is 19.3 Å². The van der Waals surface area contributed by atoms with Crippen LogP contribution in [0.3, 0.4) is 0 Å². The predicted molar refractivity (Wildman–Crippen MR) is 86.4 cm³/mol. The van der Waals surface area contributed by atoms with E-state index in [4.69, 9.17) is 5.11 Å². The van der Waals surface area contributed by atoms with E-state index in [1.54, 1.807) is 11.8 Å². The standard InChI is InChI=1S/C13H16BrNO4S2/c1-20-10-4-3-9(7-10)15-21(18,19)12-5-2-8(13(16)17)6-11(12)14/h2,5-6,9-10,15H,3-4,7H2,1H3,(H,16,17). The van der Waals surface area contributed by atoms with Gasteiger partial charge in [0.05, 0.1) is 10.5 Å². The Morgan fingerprint density at radius 2 is 2.14 bits per heavy atom. The predicted octanol–water partition coefficient (Wildman–Crippen LogP) is 2.71. The summed E-state index contributed by atoms with van der Waals surface area (Å²) in [6.07, 6.45) is 4.69. The minimum Gasteiger partial charge on any atom is -0.478 e. The highest BCUT2D eigenvalue weighted by Gasteiger charge is 2.29. The highest BCUT2D eigenvalue weighted by Crippen LogP contribution is 2.30. The van der Waals surface area contributed by atoms with Crippen molar-refractivity contribution >= 4 is 43.7 Å². The number of benzene rings is 1. The van der Waals surface area contributed by atoms with Crippen molar-refractivity contribution < 1.29 is 18.3 Å².